The van der Waals surface area contributed by atoms with E-state index in [9.17, 15) is 9.50 Å². The van der Waals surface area contributed by atoms with Gasteiger partial charge in [-0.15, -0.1) is 12.4 Å². The number of aromatic hydroxyl groups is 1. The first-order valence-electron chi connectivity index (χ1n) is 7.69. The molecule has 2 N–H and O–H groups in total. The SMILES string of the molecule is Cl.Oc1ccc(F)cc1[C@@H](C1CCCC1)N1CCNCC1. The smallest absolute Gasteiger partial charge is 0.123 e. The number of hydrogen-bond donors (Lipinski definition) is 2. The van der Waals surface area contributed by atoms with Crippen LogP contribution in [0.15, 0.2) is 18.2 Å². The molecule has 1 saturated heterocycles. The van der Waals surface area contributed by atoms with E-state index in [-0.39, 0.29) is 30.0 Å². The van der Waals surface area contributed by atoms with Crippen molar-refractivity contribution in [1.82, 2.24) is 10.2 Å². The molecule has 3 rings (SSSR count). The molecule has 1 aliphatic carbocycles. The van der Waals surface area contributed by atoms with Crippen LogP contribution >= 0.6 is 12.4 Å². The Labute approximate surface area is 131 Å². The first-order chi connectivity index (χ1) is 9.75. The number of nitrogens with one attached hydrogen (secondary N) is 1. The van der Waals surface area contributed by atoms with Crippen LogP contribution in [0.5, 0.6) is 5.75 Å². The number of benzene rings is 1. The van der Waals surface area contributed by atoms with Gasteiger partial charge < -0.3 is 10.4 Å². The summed E-state index contributed by atoms with van der Waals surface area (Å²) in [7, 11) is 0. The first kappa shape index (κ1) is 16.5. The zero-order valence-electron chi connectivity index (χ0n) is 12.2. The maximum Gasteiger partial charge on any atom is 0.123 e. The Hall–Kier alpha value is -0.840. The van der Waals surface area contributed by atoms with Crippen LogP contribution in [0.4, 0.5) is 4.39 Å². The van der Waals surface area contributed by atoms with Crippen LogP contribution in [-0.4, -0.2) is 36.2 Å². The van der Waals surface area contributed by atoms with Gasteiger partial charge in [0, 0.05) is 37.8 Å². The zero-order chi connectivity index (χ0) is 13.9. The molecule has 2 fully saturated rings. The Bertz CT molecular complexity index is 460. The number of piperazine rings is 1. The summed E-state index contributed by atoms with van der Waals surface area (Å²) in [5.41, 5.74) is 0.777. The predicted molar refractivity (Wildman–Crippen MR) is 84.5 cm³/mol. The van der Waals surface area contributed by atoms with E-state index in [1.54, 1.807) is 0 Å². The maximum absolute atomic E-state index is 13.6. The maximum atomic E-state index is 13.6. The molecule has 1 atom stereocenters. The fourth-order valence-corrected chi connectivity index (χ4v) is 3.74. The molecule has 118 valence electrons. The molecule has 0 aromatic heterocycles. The largest absolute Gasteiger partial charge is 0.508 e. The lowest BCUT2D eigenvalue weighted by Crippen LogP contribution is -2.46. The summed E-state index contributed by atoms with van der Waals surface area (Å²) in [6, 6.07) is 4.52. The van der Waals surface area contributed by atoms with Gasteiger partial charge in [0.15, 0.2) is 0 Å². The highest BCUT2D eigenvalue weighted by Crippen LogP contribution is 2.42. The lowest BCUT2D eigenvalue weighted by molar-refractivity contribution is 0.123. The van der Waals surface area contributed by atoms with Crippen LogP contribution in [0.2, 0.25) is 0 Å². The zero-order valence-corrected chi connectivity index (χ0v) is 13.0. The van der Waals surface area contributed by atoms with Gasteiger partial charge in [0.05, 0.1) is 0 Å². The standard InChI is InChI=1S/C16H23FN2O.ClH/c17-13-5-6-15(20)14(11-13)16(12-3-1-2-4-12)19-9-7-18-8-10-19;/h5-6,11-12,16,18,20H,1-4,7-10H2;1H/t16-;/m1./s1. The molecule has 0 radical (unpaired) electrons. The lowest BCUT2D eigenvalue weighted by atomic mass is 9.89. The Balaban J connectivity index is 0.00000161. The molecule has 2 aliphatic rings. The van der Waals surface area contributed by atoms with Gasteiger partial charge in [0.1, 0.15) is 11.6 Å². The van der Waals surface area contributed by atoms with Crippen molar-refractivity contribution in [3.05, 3.63) is 29.6 Å². The van der Waals surface area contributed by atoms with Crippen molar-refractivity contribution in [2.45, 2.75) is 31.7 Å². The van der Waals surface area contributed by atoms with Gasteiger partial charge in [0.2, 0.25) is 0 Å². The minimum atomic E-state index is -0.254. The molecule has 1 aromatic rings. The minimum absolute atomic E-state index is 0. The van der Waals surface area contributed by atoms with Crippen LogP contribution in [0, 0.1) is 11.7 Å². The normalized spacial score (nSPS) is 22.0. The minimum Gasteiger partial charge on any atom is -0.508 e. The summed E-state index contributed by atoms with van der Waals surface area (Å²) in [5.74, 6) is 0.526. The average molecular weight is 315 g/mol. The van der Waals surface area contributed by atoms with Crippen LogP contribution in [0.3, 0.4) is 0 Å². The molecule has 1 heterocycles. The van der Waals surface area contributed by atoms with Crippen molar-refractivity contribution in [3.63, 3.8) is 0 Å². The molecular weight excluding hydrogens is 291 g/mol. The summed E-state index contributed by atoms with van der Waals surface area (Å²) >= 11 is 0. The molecule has 1 aromatic carbocycles. The summed E-state index contributed by atoms with van der Waals surface area (Å²) < 4.78 is 13.6. The Kier molecular flexibility index (Phi) is 5.85. The Morgan fingerprint density at radius 1 is 1.19 bits per heavy atom. The highest BCUT2D eigenvalue weighted by atomic mass is 35.5. The monoisotopic (exact) mass is 314 g/mol. The van der Waals surface area contributed by atoms with Crippen LogP contribution < -0.4 is 5.32 Å². The van der Waals surface area contributed by atoms with Crippen molar-refractivity contribution in [1.29, 1.82) is 0 Å². The molecule has 1 aliphatic heterocycles. The second-order valence-electron chi connectivity index (χ2n) is 5.98. The molecule has 0 unspecified atom stereocenters. The van der Waals surface area contributed by atoms with Crippen molar-refractivity contribution >= 4 is 12.4 Å². The van der Waals surface area contributed by atoms with Crippen molar-refractivity contribution in [3.8, 4) is 5.75 Å². The number of nitrogens with zero attached hydrogens (tertiary/aromatic N) is 1. The Morgan fingerprint density at radius 2 is 1.86 bits per heavy atom. The number of phenolic OH excluding ortho intramolecular Hbond substituents is 1. The van der Waals surface area contributed by atoms with E-state index in [4.69, 9.17) is 0 Å². The van der Waals surface area contributed by atoms with Gasteiger partial charge in [-0.2, -0.15) is 0 Å². The highest BCUT2D eigenvalue weighted by Gasteiger charge is 2.33. The first-order valence-corrected chi connectivity index (χ1v) is 7.69. The van der Waals surface area contributed by atoms with Gasteiger partial charge in [-0.1, -0.05) is 12.8 Å². The van der Waals surface area contributed by atoms with Crippen molar-refractivity contribution in [2.75, 3.05) is 26.2 Å². The van der Waals surface area contributed by atoms with Crippen LogP contribution in [0.1, 0.15) is 37.3 Å². The van der Waals surface area contributed by atoms with E-state index in [0.717, 1.165) is 31.7 Å². The number of hydrogen-bond acceptors (Lipinski definition) is 3. The predicted octanol–water partition coefficient (Wildman–Crippen LogP) is 3.09. The van der Waals surface area contributed by atoms with E-state index in [2.05, 4.69) is 10.2 Å². The third-order valence-electron chi connectivity index (χ3n) is 4.70. The quantitative estimate of drug-likeness (QED) is 0.900. The van der Waals surface area contributed by atoms with E-state index in [1.807, 2.05) is 0 Å². The number of phenols is 1. The fraction of sp³-hybridized carbons (Fsp3) is 0.625. The molecule has 0 amide bonds. The number of rotatable bonds is 3. The van der Waals surface area contributed by atoms with Gasteiger partial charge >= 0.3 is 0 Å². The van der Waals surface area contributed by atoms with Gasteiger partial charge in [-0.05, 0) is 37.0 Å². The topological polar surface area (TPSA) is 35.5 Å². The van der Waals surface area contributed by atoms with Crippen LogP contribution in [0.25, 0.3) is 0 Å². The fourth-order valence-electron chi connectivity index (χ4n) is 3.74. The molecule has 21 heavy (non-hydrogen) atoms. The third-order valence-corrected chi connectivity index (χ3v) is 4.70. The second-order valence-corrected chi connectivity index (χ2v) is 5.98. The molecule has 5 heteroatoms. The summed E-state index contributed by atoms with van der Waals surface area (Å²) in [6.07, 6.45) is 4.88. The lowest BCUT2D eigenvalue weighted by Gasteiger charge is -2.38. The third kappa shape index (κ3) is 3.68. The molecule has 1 saturated carbocycles. The van der Waals surface area contributed by atoms with E-state index >= 15 is 0 Å². The summed E-state index contributed by atoms with van der Waals surface area (Å²) in [4.78, 5) is 2.42. The van der Waals surface area contributed by atoms with Gasteiger partial charge in [-0.3, -0.25) is 4.90 Å². The van der Waals surface area contributed by atoms with Crippen LogP contribution in [-0.2, 0) is 0 Å². The second kappa shape index (κ2) is 7.43. The summed E-state index contributed by atoms with van der Waals surface area (Å²) in [5, 5.41) is 13.5. The van der Waals surface area contributed by atoms with Crippen molar-refractivity contribution < 1.29 is 9.50 Å². The van der Waals surface area contributed by atoms with E-state index < -0.39 is 0 Å². The molecule has 0 bridgehead atoms. The van der Waals surface area contributed by atoms with Gasteiger partial charge in [0.25, 0.3) is 0 Å². The molecule has 0 spiro atoms. The number of halogens is 2. The van der Waals surface area contributed by atoms with Gasteiger partial charge in [-0.25, -0.2) is 4.39 Å². The van der Waals surface area contributed by atoms with E-state index in [0.29, 0.717) is 5.92 Å². The Morgan fingerprint density at radius 3 is 2.52 bits per heavy atom. The van der Waals surface area contributed by atoms with E-state index in [1.165, 1.54) is 43.9 Å². The van der Waals surface area contributed by atoms with Crippen molar-refractivity contribution in [2.24, 2.45) is 5.92 Å². The highest BCUT2D eigenvalue weighted by molar-refractivity contribution is 5.85. The average Bonchev–Trinajstić information content (AvgIpc) is 2.98. The summed E-state index contributed by atoms with van der Waals surface area (Å²) in [6.45, 7) is 3.88. The molecule has 3 nitrogen and oxygen atoms in total. The molecular formula is C16H24ClFN2O.